The second-order valence-electron chi connectivity index (χ2n) is 4.26. The van der Waals surface area contributed by atoms with E-state index in [4.69, 9.17) is 5.84 Å². The lowest BCUT2D eigenvalue weighted by atomic mass is 10.0. The highest BCUT2D eigenvalue weighted by molar-refractivity contribution is 14.1. The topological polar surface area (TPSA) is 55.9 Å². The summed E-state index contributed by atoms with van der Waals surface area (Å²) < 4.78 is 3.28. The molecular formula is C13H17IN4. The predicted molar refractivity (Wildman–Crippen MR) is 80.8 cm³/mol. The minimum atomic E-state index is 0.165. The number of rotatable bonds is 5. The zero-order valence-corrected chi connectivity index (χ0v) is 12.5. The van der Waals surface area contributed by atoms with Crippen LogP contribution >= 0.6 is 22.6 Å². The molecule has 0 aliphatic carbocycles. The molecule has 4 nitrogen and oxygen atoms in total. The Bertz CT molecular complexity index is 492. The second-order valence-corrected chi connectivity index (χ2v) is 5.51. The van der Waals surface area contributed by atoms with Crippen LogP contribution in [0.4, 0.5) is 0 Å². The summed E-state index contributed by atoms with van der Waals surface area (Å²) in [6.07, 6.45) is 5.63. The Morgan fingerprint density at radius 3 is 2.67 bits per heavy atom. The van der Waals surface area contributed by atoms with Gasteiger partial charge in [0.1, 0.15) is 5.82 Å². The summed E-state index contributed by atoms with van der Waals surface area (Å²) in [6.45, 7) is 0. The van der Waals surface area contributed by atoms with Crippen LogP contribution in [0, 0.1) is 3.57 Å². The highest BCUT2D eigenvalue weighted by Gasteiger charge is 2.11. The monoisotopic (exact) mass is 356 g/mol. The number of imidazole rings is 1. The van der Waals surface area contributed by atoms with E-state index in [0.717, 1.165) is 18.7 Å². The highest BCUT2D eigenvalue weighted by Crippen LogP contribution is 2.19. The van der Waals surface area contributed by atoms with Crippen molar-refractivity contribution in [3.8, 4) is 0 Å². The summed E-state index contributed by atoms with van der Waals surface area (Å²) in [6, 6.07) is 8.59. The maximum absolute atomic E-state index is 5.64. The number of hydrogen-bond donors (Lipinski definition) is 2. The number of nitrogens with one attached hydrogen (secondary N) is 1. The molecule has 5 heteroatoms. The number of hydrazine groups is 1. The SMILES string of the molecule is Cn1ccnc1CCC(NN)c1ccc(I)cc1. The smallest absolute Gasteiger partial charge is 0.108 e. The summed E-state index contributed by atoms with van der Waals surface area (Å²) >= 11 is 2.30. The van der Waals surface area contributed by atoms with Crippen LogP contribution in [-0.2, 0) is 13.5 Å². The first-order chi connectivity index (χ1) is 8.70. The molecule has 2 rings (SSSR count). The van der Waals surface area contributed by atoms with E-state index in [0.29, 0.717) is 0 Å². The Hall–Kier alpha value is -0.920. The molecule has 1 aromatic carbocycles. The molecule has 96 valence electrons. The molecular weight excluding hydrogens is 339 g/mol. The van der Waals surface area contributed by atoms with Crippen molar-refractivity contribution in [3.63, 3.8) is 0 Å². The van der Waals surface area contributed by atoms with E-state index in [2.05, 4.69) is 57.3 Å². The van der Waals surface area contributed by atoms with Crippen molar-refractivity contribution >= 4 is 22.6 Å². The summed E-state index contributed by atoms with van der Waals surface area (Å²) in [5.41, 5.74) is 4.10. The third-order valence-electron chi connectivity index (χ3n) is 3.05. The van der Waals surface area contributed by atoms with E-state index in [1.165, 1.54) is 9.13 Å². The normalized spacial score (nSPS) is 12.6. The number of aryl methyl sites for hydroxylation is 2. The number of nitrogens with two attached hydrogens (primary N) is 1. The standard InChI is InChI=1S/C13H17IN4/c1-18-9-8-16-13(18)7-6-12(17-15)10-2-4-11(14)5-3-10/h2-5,8-9,12,17H,6-7,15H2,1H3. The van der Waals surface area contributed by atoms with Crippen LogP contribution in [0.2, 0.25) is 0 Å². The first kappa shape index (κ1) is 13.5. The van der Waals surface area contributed by atoms with Gasteiger partial charge in [0.2, 0.25) is 0 Å². The van der Waals surface area contributed by atoms with Gasteiger partial charge in [-0.2, -0.15) is 0 Å². The van der Waals surface area contributed by atoms with Crippen molar-refractivity contribution < 1.29 is 0 Å². The van der Waals surface area contributed by atoms with Gasteiger partial charge in [0.25, 0.3) is 0 Å². The molecule has 0 amide bonds. The summed E-state index contributed by atoms with van der Waals surface area (Å²) in [7, 11) is 2.01. The summed E-state index contributed by atoms with van der Waals surface area (Å²) in [5.74, 6) is 6.73. The van der Waals surface area contributed by atoms with E-state index in [-0.39, 0.29) is 6.04 Å². The van der Waals surface area contributed by atoms with Crippen molar-refractivity contribution in [2.75, 3.05) is 0 Å². The van der Waals surface area contributed by atoms with Gasteiger partial charge in [0, 0.05) is 35.5 Å². The van der Waals surface area contributed by atoms with Gasteiger partial charge in [-0.05, 0) is 46.7 Å². The third-order valence-corrected chi connectivity index (χ3v) is 3.77. The van der Waals surface area contributed by atoms with Gasteiger partial charge in [-0.1, -0.05) is 12.1 Å². The molecule has 1 unspecified atom stereocenters. The van der Waals surface area contributed by atoms with Crippen LogP contribution in [0.25, 0.3) is 0 Å². The minimum Gasteiger partial charge on any atom is -0.338 e. The summed E-state index contributed by atoms with van der Waals surface area (Å²) in [4.78, 5) is 4.32. The number of nitrogens with zero attached hydrogens (tertiary/aromatic N) is 2. The van der Waals surface area contributed by atoms with Gasteiger partial charge in [0.05, 0.1) is 0 Å². The molecule has 0 saturated heterocycles. The molecule has 18 heavy (non-hydrogen) atoms. The molecule has 0 saturated carbocycles. The predicted octanol–water partition coefficient (Wildman–Crippen LogP) is 2.16. The van der Waals surface area contributed by atoms with Gasteiger partial charge in [-0.15, -0.1) is 0 Å². The van der Waals surface area contributed by atoms with Gasteiger partial charge < -0.3 is 4.57 Å². The van der Waals surface area contributed by atoms with Gasteiger partial charge >= 0.3 is 0 Å². The number of benzene rings is 1. The third kappa shape index (κ3) is 3.30. The van der Waals surface area contributed by atoms with Crippen molar-refractivity contribution in [2.45, 2.75) is 18.9 Å². The maximum Gasteiger partial charge on any atom is 0.108 e. The molecule has 0 aliphatic rings. The van der Waals surface area contributed by atoms with Crippen LogP contribution < -0.4 is 11.3 Å². The summed E-state index contributed by atoms with van der Waals surface area (Å²) in [5, 5.41) is 0. The molecule has 0 bridgehead atoms. The van der Waals surface area contributed by atoms with Crippen molar-refractivity contribution in [3.05, 3.63) is 51.6 Å². The zero-order valence-electron chi connectivity index (χ0n) is 10.3. The largest absolute Gasteiger partial charge is 0.338 e. The Morgan fingerprint density at radius 2 is 2.11 bits per heavy atom. The molecule has 2 aromatic rings. The van der Waals surface area contributed by atoms with Crippen LogP contribution in [-0.4, -0.2) is 9.55 Å². The number of aromatic nitrogens is 2. The first-order valence-electron chi connectivity index (χ1n) is 5.88. The van der Waals surface area contributed by atoms with Gasteiger partial charge in [-0.25, -0.2) is 4.98 Å². The number of halogens is 1. The molecule has 3 N–H and O–H groups in total. The number of hydrogen-bond acceptors (Lipinski definition) is 3. The van der Waals surface area contributed by atoms with E-state index in [9.17, 15) is 0 Å². The fraction of sp³-hybridized carbons (Fsp3) is 0.308. The van der Waals surface area contributed by atoms with Crippen LogP contribution in [0.1, 0.15) is 23.9 Å². The average molecular weight is 356 g/mol. The molecule has 1 atom stereocenters. The van der Waals surface area contributed by atoms with E-state index >= 15 is 0 Å². The molecule has 0 aliphatic heterocycles. The molecule has 0 spiro atoms. The molecule has 0 fully saturated rings. The first-order valence-corrected chi connectivity index (χ1v) is 6.96. The van der Waals surface area contributed by atoms with E-state index in [1.807, 2.05) is 24.0 Å². The second kappa shape index (κ2) is 6.31. The lowest BCUT2D eigenvalue weighted by Crippen LogP contribution is -2.28. The van der Waals surface area contributed by atoms with E-state index in [1.54, 1.807) is 0 Å². The highest BCUT2D eigenvalue weighted by atomic mass is 127. The van der Waals surface area contributed by atoms with Gasteiger partial charge in [0.15, 0.2) is 0 Å². The molecule has 1 heterocycles. The Labute approximate surface area is 121 Å². The zero-order chi connectivity index (χ0) is 13.0. The molecule has 1 aromatic heterocycles. The fourth-order valence-electron chi connectivity index (χ4n) is 1.95. The Kier molecular flexibility index (Phi) is 4.73. The lowest BCUT2D eigenvalue weighted by molar-refractivity contribution is 0.506. The van der Waals surface area contributed by atoms with Crippen molar-refractivity contribution in [1.82, 2.24) is 15.0 Å². The van der Waals surface area contributed by atoms with Crippen molar-refractivity contribution in [1.29, 1.82) is 0 Å². The van der Waals surface area contributed by atoms with Crippen LogP contribution in [0.15, 0.2) is 36.7 Å². The quantitative estimate of drug-likeness (QED) is 0.491. The van der Waals surface area contributed by atoms with Crippen molar-refractivity contribution in [2.24, 2.45) is 12.9 Å². The Morgan fingerprint density at radius 1 is 1.39 bits per heavy atom. The average Bonchev–Trinajstić information content (AvgIpc) is 2.78. The minimum absolute atomic E-state index is 0.165. The maximum atomic E-state index is 5.64. The fourth-order valence-corrected chi connectivity index (χ4v) is 2.31. The Balaban J connectivity index is 2.01. The van der Waals surface area contributed by atoms with E-state index < -0.39 is 0 Å². The lowest BCUT2D eigenvalue weighted by Gasteiger charge is -2.16. The molecule has 0 radical (unpaired) electrons. The van der Waals surface area contributed by atoms with Gasteiger partial charge in [-0.3, -0.25) is 11.3 Å². The van der Waals surface area contributed by atoms with Crippen LogP contribution in [0.5, 0.6) is 0 Å². The van der Waals surface area contributed by atoms with Crippen LogP contribution in [0.3, 0.4) is 0 Å².